The van der Waals surface area contributed by atoms with Crippen molar-refractivity contribution in [3.8, 4) is 17.2 Å². The largest absolute Gasteiger partial charge is 0.496 e. The first-order chi connectivity index (χ1) is 17.1. The summed E-state index contributed by atoms with van der Waals surface area (Å²) < 4.78 is 18.3. The van der Waals surface area contributed by atoms with Crippen LogP contribution in [-0.4, -0.2) is 66.9 Å². The molecule has 3 heterocycles. The third-order valence-corrected chi connectivity index (χ3v) is 7.17. The van der Waals surface area contributed by atoms with Gasteiger partial charge in [0.2, 0.25) is 0 Å². The average Bonchev–Trinajstić information content (AvgIpc) is 3.30. The zero-order valence-electron chi connectivity index (χ0n) is 20.9. The van der Waals surface area contributed by atoms with Crippen molar-refractivity contribution < 1.29 is 14.2 Å². The summed E-state index contributed by atoms with van der Waals surface area (Å²) in [4.78, 5) is 23.1. The van der Waals surface area contributed by atoms with Crippen molar-refractivity contribution in [1.82, 2.24) is 19.4 Å². The van der Waals surface area contributed by atoms with Crippen molar-refractivity contribution in [1.29, 1.82) is 0 Å². The number of hydrogen-bond acceptors (Lipinski definition) is 7. The summed E-state index contributed by atoms with van der Waals surface area (Å²) in [5.74, 6) is 2.90. The van der Waals surface area contributed by atoms with Crippen LogP contribution in [0.4, 0.5) is 0 Å². The lowest BCUT2D eigenvalue weighted by Gasteiger charge is -2.21. The van der Waals surface area contributed by atoms with Gasteiger partial charge in [-0.15, -0.1) is 0 Å². The summed E-state index contributed by atoms with van der Waals surface area (Å²) in [6.07, 6.45) is 3.27. The minimum atomic E-state index is -0.0230. The number of benzene rings is 2. The summed E-state index contributed by atoms with van der Waals surface area (Å²) in [5.41, 5.74) is 3.14. The van der Waals surface area contributed by atoms with Gasteiger partial charge in [0.05, 0.1) is 32.2 Å². The highest BCUT2D eigenvalue weighted by Crippen LogP contribution is 2.30. The molecule has 8 nitrogen and oxygen atoms in total. The molecule has 0 aliphatic carbocycles. The topological polar surface area (TPSA) is 69.1 Å². The van der Waals surface area contributed by atoms with Crippen molar-refractivity contribution in [2.45, 2.75) is 38.9 Å². The Morgan fingerprint density at radius 1 is 0.800 bits per heavy atom. The third kappa shape index (κ3) is 4.86. The van der Waals surface area contributed by atoms with Crippen LogP contribution < -0.4 is 19.8 Å². The molecule has 0 unspecified atom stereocenters. The standard InChI is InChI=1S/C27H34N4O4/c1-33-23-7-6-19(14-20(23)18-29-9-4-5-10-29)17-30-11-8-26-28-22-16-25(35-3)24(34-2)15-21(22)27(32)31(26)13-12-30/h6-7,14-16H,4-5,8-13,17-18H2,1-3H3. The molecule has 0 bridgehead atoms. The number of hydrogen-bond donors (Lipinski definition) is 0. The van der Waals surface area contributed by atoms with Crippen molar-refractivity contribution in [2.75, 3.05) is 47.5 Å². The summed E-state index contributed by atoms with van der Waals surface area (Å²) in [7, 11) is 4.91. The van der Waals surface area contributed by atoms with Crippen molar-refractivity contribution in [3.05, 3.63) is 57.6 Å². The molecule has 1 fully saturated rings. The van der Waals surface area contributed by atoms with E-state index in [1.54, 1.807) is 33.5 Å². The molecule has 5 rings (SSSR count). The van der Waals surface area contributed by atoms with Crippen LogP contribution in [0.25, 0.3) is 10.9 Å². The Morgan fingerprint density at radius 2 is 1.51 bits per heavy atom. The Morgan fingerprint density at radius 3 is 2.26 bits per heavy atom. The molecular formula is C27H34N4O4. The number of fused-ring (bicyclic) bond motifs is 2. The van der Waals surface area contributed by atoms with Gasteiger partial charge in [0.25, 0.3) is 5.56 Å². The molecule has 0 spiro atoms. The minimum Gasteiger partial charge on any atom is -0.496 e. The number of rotatable bonds is 7. The maximum atomic E-state index is 13.3. The summed E-state index contributed by atoms with van der Waals surface area (Å²) in [6, 6.07) is 10.1. The smallest absolute Gasteiger partial charge is 0.261 e. The normalized spacial score (nSPS) is 16.8. The zero-order chi connectivity index (χ0) is 24.4. The van der Waals surface area contributed by atoms with Gasteiger partial charge in [0, 0.05) is 50.8 Å². The lowest BCUT2D eigenvalue weighted by molar-refractivity contribution is 0.270. The van der Waals surface area contributed by atoms with Gasteiger partial charge >= 0.3 is 0 Å². The van der Waals surface area contributed by atoms with E-state index in [4.69, 9.17) is 19.2 Å². The Kier molecular flexibility index (Phi) is 6.92. The first kappa shape index (κ1) is 23.6. The second kappa shape index (κ2) is 10.3. The fraction of sp³-hybridized carbons (Fsp3) is 0.481. The lowest BCUT2D eigenvalue weighted by Crippen LogP contribution is -2.29. The van der Waals surface area contributed by atoms with E-state index < -0.39 is 0 Å². The molecule has 0 atom stereocenters. The van der Waals surface area contributed by atoms with E-state index in [2.05, 4.69) is 28.0 Å². The van der Waals surface area contributed by atoms with Crippen LogP contribution in [0.15, 0.2) is 35.1 Å². The molecule has 0 saturated carbocycles. The summed E-state index contributed by atoms with van der Waals surface area (Å²) in [5, 5.41) is 0.557. The highest BCUT2D eigenvalue weighted by Gasteiger charge is 2.20. The number of ether oxygens (including phenoxy) is 3. The van der Waals surface area contributed by atoms with Crippen molar-refractivity contribution >= 4 is 10.9 Å². The van der Waals surface area contributed by atoms with Gasteiger partial charge in [-0.2, -0.15) is 0 Å². The van der Waals surface area contributed by atoms with E-state index in [0.29, 0.717) is 28.9 Å². The fourth-order valence-corrected chi connectivity index (χ4v) is 5.28. The molecule has 2 aromatic carbocycles. The van der Waals surface area contributed by atoms with Crippen molar-refractivity contribution in [2.24, 2.45) is 0 Å². The molecule has 1 aromatic heterocycles. The predicted molar refractivity (Wildman–Crippen MR) is 136 cm³/mol. The van der Waals surface area contributed by atoms with Gasteiger partial charge in [-0.05, 0) is 49.7 Å². The van der Waals surface area contributed by atoms with Gasteiger partial charge in [-0.1, -0.05) is 6.07 Å². The Bertz CT molecular complexity index is 1270. The maximum absolute atomic E-state index is 13.3. The van der Waals surface area contributed by atoms with Gasteiger partial charge < -0.3 is 14.2 Å². The van der Waals surface area contributed by atoms with E-state index in [0.717, 1.165) is 57.3 Å². The van der Waals surface area contributed by atoms with Gasteiger partial charge in [0.1, 0.15) is 11.6 Å². The maximum Gasteiger partial charge on any atom is 0.261 e. The van der Waals surface area contributed by atoms with Crippen LogP contribution in [0.1, 0.15) is 29.8 Å². The first-order valence-electron chi connectivity index (χ1n) is 12.4. The van der Waals surface area contributed by atoms with Gasteiger partial charge in [-0.25, -0.2) is 4.98 Å². The van der Waals surface area contributed by atoms with Gasteiger partial charge in [0.15, 0.2) is 11.5 Å². The second-order valence-corrected chi connectivity index (χ2v) is 9.36. The third-order valence-electron chi connectivity index (χ3n) is 7.17. The Hall–Kier alpha value is -3.10. The highest BCUT2D eigenvalue weighted by atomic mass is 16.5. The van der Waals surface area contributed by atoms with E-state index in [-0.39, 0.29) is 5.56 Å². The molecule has 8 heteroatoms. The van der Waals surface area contributed by atoms with Crippen LogP contribution in [0, 0.1) is 0 Å². The average molecular weight is 479 g/mol. The molecule has 0 radical (unpaired) electrons. The highest BCUT2D eigenvalue weighted by molar-refractivity contribution is 5.82. The van der Waals surface area contributed by atoms with Crippen molar-refractivity contribution in [3.63, 3.8) is 0 Å². The number of methoxy groups -OCH3 is 3. The summed E-state index contributed by atoms with van der Waals surface area (Å²) >= 11 is 0. The number of aromatic nitrogens is 2. The molecular weight excluding hydrogens is 444 g/mol. The molecule has 186 valence electrons. The molecule has 35 heavy (non-hydrogen) atoms. The fourth-order valence-electron chi connectivity index (χ4n) is 5.28. The van der Waals surface area contributed by atoms with E-state index in [9.17, 15) is 4.79 Å². The molecule has 0 N–H and O–H groups in total. The van der Waals surface area contributed by atoms with Crippen LogP contribution in [-0.2, 0) is 26.1 Å². The molecule has 2 aliphatic rings. The molecule has 3 aromatic rings. The van der Waals surface area contributed by atoms with Crippen LogP contribution >= 0.6 is 0 Å². The van der Waals surface area contributed by atoms with E-state index in [1.807, 2.05) is 4.57 Å². The first-order valence-corrected chi connectivity index (χ1v) is 12.4. The Labute approximate surface area is 206 Å². The van der Waals surface area contributed by atoms with E-state index in [1.165, 1.54) is 24.0 Å². The minimum absolute atomic E-state index is 0.0230. The molecule has 1 saturated heterocycles. The number of likely N-dealkylation sites (tertiary alicyclic amines) is 1. The predicted octanol–water partition coefficient (Wildman–Crippen LogP) is 3.08. The van der Waals surface area contributed by atoms with Crippen LogP contribution in [0.3, 0.4) is 0 Å². The molecule has 2 aliphatic heterocycles. The number of nitrogens with zero attached hydrogens (tertiary/aromatic N) is 4. The quantitative estimate of drug-likeness (QED) is 0.517. The monoisotopic (exact) mass is 478 g/mol. The lowest BCUT2D eigenvalue weighted by atomic mass is 10.1. The Balaban J connectivity index is 1.36. The summed E-state index contributed by atoms with van der Waals surface area (Å²) in [6.45, 7) is 6.33. The van der Waals surface area contributed by atoms with Crippen LogP contribution in [0.2, 0.25) is 0 Å². The zero-order valence-corrected chi connectivity index (χ0v) is 20.9. The van der Waals surface area contributed by atoms with E-state index >= 15 is 0 Å². The second-order valence-electron chi connectivity index (χ2n) is 9.36. The molecule has 0 amide bonds. The van der Waals surface area contributed by atoms with Gasteiger partial charge in [-0.3, -0.25) is 19.2 Å². The van der Waals surface area contributed by atoms with Crippen LogP contribution in [0.5, 0.6) is 17.2 Å². The SMILES string of the molecule is COc1ccc(CN2CCc3nc4cc(OC)c(OC)cc4c(=O)n3CC2)cc1CN1CCCC1.